The fourth-order valence-electron chi connectivity index (χ4n) is 1.78. The summed E-state index contributed by atoms with van der Waals surface area (Å²) in [4.78, 5) is 1.34. The summed E-state index contributed by atoms with van der Waals surface area (Å²) >= 11 is 8.83. The number of thiophene rings is 1. The van der Waals surface area contributed by atoms with Crippen LogP contribution in [0.2, 0.25) is 0 Å². The molecule has 19 heavy (non-hydrogen) atoms. The van der Waals surface area contributed by atoms with E-state index in [1.807, 2.05) is 13.0 Å². The summed E-state index contributed by atoms with van der Waals surface area (Å²) in [5, 5.41) is 5.54. The first-order valence-corrected chi connectivity index (χ1v) is 8.51. The number of benzene rings is 1. The van der Waals surface area contributed by atoms with E-state index in [1.165, 1.54) is 4.88 Å². The van der Waals surface area contributed by atoms with E-state index in [4.69, 9.17) is 4.74 Å². The summed E-state index contributed by atoms with van der Waals surface area (Å²) in [5.74, 6) is 0.921. The van der Waals surface area contributed by atoms with Gasteiger partial charge in [0.2, 0.25) is 0 Å². The van der Waals surface area contributed by atoms with Gasteiger partial charge in [-0.2, -0.15) is 0 Å². The van der Waals surface area contributed by atoms with Crippen LogP contribution in [0.5, 0.6) is 5.75 Å². The van der Waals surface area contributed by atoms with Crippen molar-refractivity contribution in [2.75, 3.05) is 6.61 Å². The van der Waals surface area contributed by atoms with E-state index in [9.17, 15) is 0 Å². The average Bonchev–Trinajstić information content (AvgIpc) is 2.86. The summed E-state index contributed by atoms with van der Waals surface area (Å²) in [7, 11) is 0. The Balaban J connectivity index is 2.05. The second-order valence-electron chi connectivity index (χ2n) is 3.99. The third-order valence-corrected chi connectivity index (χ3v) is 4.49. The number of hydrogen-bond acceptors (Lipinski definition) is 3. The number of nitrogens with one attached hydrogen (secondary N) is 1. The molecule has 0 radical (unpaired) electrons. The minimum absolute atomic E-state index is 0.665. The van der Waals surface area contributed by atoms with E-state index >= 15 is 0 Å². The van der Waals surface area contributed by atoms with Gasteiger partial charge in [-0.15, -0.1) is 11.3 Å². The lowest BCUT2D eigenvalue weighted by Gasteiger charge is -2.13. The Morgan fingerprint density at radius 2 is 2.11 bits per heavy atom. The molecule has 0 aliphatic heterocycles. The maximum Gasteiger partial charge on any atom is 0.138 e. The first-order valence-electron chi connectivity index (χ1n) is 6.04. The van der Waals surface area contributed by atoms with Crippen LogP contribution in [0.15, 0.2) is 38.6 Å². The van der Waals surface area contributed by atoms with Crippen LogP contribution in [0.4, 0.5) is 0 Å². The molecule has 0 spiro atoms. The minimum Gasteiger partial charge on any atom is -0.492 e. The molecule has 2 rings (SSSR count). The highest BCUT2D eigenvalue weighted by Gasteiger charge is 2.09. The Kier molecular flexibility index (Phi) is 5.88. The van der Waals surface area contributed by atoms with Crippen molar-refractivity contribution < 1.29 is 4.74 Å². The van der Waals surface area contributed by atoms with Crippen LogP contribution in [0.3, 0.4) is 0 Å². The van der Waals surface area contributed by atoms with E-state index in [2.05, 4.69) is 60.8 Å². The van der Waals surface area contributed by atoms with E-state index in [1.54, 1.807) is 11.3 Å². The summed E-state index contributed by atoms with van der Waals surface area (Å²) in [6, 6.07) is 8.31. The molecule has 0 atom stereocenters. The Bertz CT molecular complexity index is 528. The third kappa shape index (κ3) is 4.31. The Morgan fingerprint density at radius 1 is 1.26 bits per heavy atom. The highest BCUT2D eigenvalue weighted by Crippen LogP contribution is 2.33. The van der Waals surface area contributed by atoms with Gasteiger partial charge in [0.15, 0.2) is 0 Å². The molecule has 1 aromatic heterocycles. The van der Waals surface area contributed by atoms with Gasteiger partial charge >= 0.3 is 0 Å². The molecule has 0 unspecified atom stereocenters. The molecule has 0 amide bonds. The third-order valence-electron chi connectivity index (χ3n) is 2.57. The van der Waals surface area contributed by atoms with Crippen molar-refractivity contribution in [2.24, 2.45) is 0 Å². The molecule has 0 fully saturated rings. The van der Waals surface area contributed by atoms with Gasteiger partial charge in [0, 0.05) is 28.0 Å². The van der Waals surface area contributed by atoms with E-state index in [0.29, 0.717) is 6.61 Å². The van der Waals surface area contributed by atoms with Crippen molar-refractivity contribution in [1.29, 1.82) is 0 Å². The van der Waals surface area contributed by atoms with Crippen molar-refractivity contribution in [3.8, 4) is 5.75 Å². The molecule has 102 valence electrons. The molecule has 0 aliphatic rings. The molecule has 1 heterocycles. The monoisotopic (exact) mass is 403 g/mol. The molecule has 0 saturated carbocycles. The number of rotatable bonds is 6. The first kappa shape index (κ1) is 15.0. The normalized spacial score (nSPS) is 10.7. The molecule has 0 aliphatic carbocycles. The zero-order valence-electron chi connectivity index (χ0n) is 10.6. The van der Waals surface area contributed by atoms with E-state index < -0.39 is 0 Å². The lowest BCUT2D eigenvalue weighted by atomic mass is 10.2. The minimum atomic E-state index is 0.665. The molecular weight excluding hydrogens is 390 g/mol. The van der Waals surface area contributed by atoms with Gasteiger partial charge in [-0.3, -0.25) is 0 Å². The summed E-state index contributed by atoms with van der Waals surface area (Å²) < 4.78 is 7.74. The molecule has 0 bridgehead atoms. The van der Waals surface area contributed by atoms with Crippen LogP contribution < -0.4 is 10.1 Å². The summed E-state index contributed by atoms with van der Waals surface area (Å²) in [6.07, 6.45) is 0. The Labute approximate surface area is 134 Å². The van der Waals surface area contributed by atoms with Crippen molar-refractivity contribution in [3.63, 3.8) is 0 Å². The Hall–Kier alpha value is -0.360. The van der Waals surface area contributed by atoms with Crippen LogP contribution in [0.1, 0.15) is 17.4 Å². The smallest absolute Gasteiger partial charge is 0.138 e. The molecule has 1 N–H and O–H groups in total. The zero-order chi connectivity index (χ0) is 13.7. The fraction of sp³-hybridized carbons (Fsp3) is 0.286. The predicted octanol–water partition coefficient (Wildman–Crippen LogP) is 4.96. The SMILES string of the molecule is CCOc1c(Br)cc(Br)cc1CNCc1cccs1. The second-order valence-corrected chi connectivity index (χ2v) is 6.79. The van der Waals surface area contributed by atoms with Crippen molar-refractivity contribution >= 4 is 43.2 Å². The maximum atomic E-state index is 5.71. The van der Waals surface area contributed by atoms with Gasteiger partial charge in [0.05, 0.1) is 11.1 Å². The van der Waals surface area contributed by atoms with Gasteiger partial charge < -0.3 is 10.1 Å². The van der Waals surface area contributed by atoms with Crippen LogP contribution in [-0.4, -0.2) is 6.61 Å². The molecule has 1 aromatic carbocycles. The number of ether oxygens (including phenoxy) is 1. The Morgan fingerprint density at radius 3 is 2.79 bits per heavy atom. The highest BCUT2D eigenvalue weighted by molar-refractivity contribution is 9.11. The molecule has 0 saturated heterocycles. The van der Waals surface area contributed by atoms with Crippen molar-refractivity contribution in [1.82, 2.24) is 5.32 Å². The van der Waals surface area contributed by atoms with Crippen molar-refractivity contribution in [3.05, 3.63) is 49.0 Å². The van der Waals surface area contributed by atoms with Gasteiger partial charge in [-0.05, 0) is 46.4 Å². The highest BCUT2D eigenvalue weighted by atomic mass is 79.9. The maximum absolute atomic E-state index is 5.71. The summed E-state index contributed by atoms with van der Waals surface area (Å²) in [6.45, 7) is 4.33. The lowest BCUT2D eigenvalue weighted by molar-refractivity contribution is 0.333. The molecule has 2 nitrogen and oxygen atoms in total. The van der Waals surface area contributed by atoms with Crippen molar-refractivity contribution in [2.45, 2.75) is 20.0 Å². The molecule has 5 heteroatoms. The zero-order valence-corrected chi connectivity index (χ0v) is 14.6. The lowest BCUT2D eigenvalue weighted by Crippen LogP contribution is -2.13. The van der Waals surface area contributed by atoms with Crippen LogP contribution in [0.25, 0.3) is 0 Å². The summed E-state index contributed by atoms with van der Waals surface area (Å²) in [5.41, 5.74) is 1.15. The van der Waals surface area contributed by atoms with Crippen LogP contribution in [0, 0.1) is 0 Å². The topological polar surface area (TPSA) is 21.3 Å². The standard InChI is InChI=1S/C14H15Br2NOS/c1-2-18-14-10(6-11(15)7-13(14)16)8-17-9-12-4-3-5-19-12/h3-7,17H,2,8-9H2,1H3. The molecule has 2 aromatic rings. The number of hydrogen-bond donors (Lipinski definition) is 1. The molecular formula is C14H15Br2NOS. The van der Waals surface area contributed by atoms with E-state index in [0.717, 1.165) is 33.3 Å². The van der Waals surface area contributed by atoms with Gasteiger partial charge in [-0.1, -0.05) is 22.0 Å². The number of halogens is 2. The van der Waals surface area contributed by atoms with Gasteiger partial charge in [0.25, 0.3) is 0 Å². The average molecular weight is 405 g/mol. The van der Waals surface area contributed by atoms with Gasteiger partial charge in [0.1, 0.15) is 5.75 Å². The second kappa shape index (κ2) is 7.43. The quantitative estimate of drug-likeness (QED) is 0.734. The predicted molar refractivity (Wildman–Crippen MR) is 87.9 cm³/mol. The van der Waals surface area contributed by atoms with Crippen LogP contribution in [-0.2, 0) is 13.1 Å². The van der Waals surface area contributed by atoms with Crippen LogP contribution >= 0.6 is 43.2 Å². The van der Waals surface area contributed by atoms with E-state index in [-0.39, 0.29) is 0 Å². The largest absolute Gasteiger partial charge is 0.492 e. The van der Waals surface area contributed by atoms with Gasteiger partial charge in [-0.25, -0.2) is 0 Å². The fourth-order valence-corrected chi connectivity index (χ4v) is 3.89. The first-order chi connectivity index (χ1) is 9.20.